The first-order valence-electron chi connectivity index (χ1n) is 5.56. The molecule has 0 fully saturated rings. The second-order valence-corrected chi connectivity index (χ2v) is 3.91. The minimum absolute atomic E-state index is 0.00631. The van der Waals surface area contributed by atoms with Gasteiger partial charge in [-0.1, -0.05) is 18.2 Å². The largest absolute Gasteiger partial charge is 0.444 e. The lowest BCUT2D eigenvalue weighted by Gasteiger charge is -2.03. The van der Waals surface area contributed by atoms with E-state index in [4.69, 9.17) is 4.42 Å². The smallest absolute Gasteiger partial charge is 0.224 e. The second-order valence-electron chi connectivity index (χ2n) is 3.91. The average molecular weight is 248 g/mol. The minimum atomic E-state index is -0.375. The Morgan fingerprint density at radius 2 is 2.22 bits per heavy atom. The van der Waals surface area contributed by atoms with E-state index in [1.165, 1.54) is 6.07 Å². The maximum absolute atomic E-state index is 13.3. The number of aryl methyl sites for hydroxylation is 1. The molecule has 2 rings (SSSR count). The lowest BCUT2D eigenvalue weighted by Crippen LogP contribution is -2.25. The summed E-state index contributed by atoms with van der Waals surface area (Å²) in [6.45, 7) is 1.98. The second kappa shape index (κ2) is 5.44. The molecule has 0 aliphatic rings. The van der Waals surface area contributed by atoms with E-state index in [1.807, 2.05) is 0 Å². The van der Waals surface area contributed by atoms with E-state index in [0.29, 0.717) is 17.2 Å². The summed E-state index contributed by atoms with van der Waals surface area (Å²) in [4.78, 5) is 15.6. The number of nitrogens with one attached hydrogen (secondary N) is 1. The average Bonchev–Trinajstić information content (AvgIpc) is 2.76. The van der Waals surface area contributed by atoms with Gasteiger partial charge in [0.05, 0.1) is 19.2 Å². The van der Waals surface area contributed by atoms with Crippen LogP contribution in [-0.2, 0) is 17.8 Å². The molecule has 4 nitrogen and oxygen atoms in total. The maximum atomic E-state index is 13.3. The van der Waals surface area contributed by atoms with Gasteiger partial charge in [-0.15, -0.1) is 0 Å². The van der Waals surface area contributed by atoms with Gasteiger partial charge in [-0.05, 0) is 18.6 Å². The molecule has 5 heteroatoms. The van der Waals surface area contributed by atoms with Crippen molar-refractivity contribution in [3.05, 3.63) is 53.5 Å². The van der Waals surface area contributed by atoms with Gasteiger partial charge in [0.2, 0.25) is 11.8 Å². The van der Waals surface area contributed by atoms with Crippen LogP contribution < -0.4 is 5.32 Å². The number of nitrogens with zero attached hydrogens (tertiary/aromatic N) is 1. The third kappa shape index (κ3) is 3.16. The summed E-state index contributed by atoms with van der Waals surface area (Å²) in [5, 5.41) is 2.63. The molecular formula is C13H13FN2O2. The molecule has 1 heterocycles. The standard InChI is InChI=1S/C13H13FN2O2/c1-9-7-16-13(18-9)8-15-12(17)6-10-4-2-3-5-11(10)14/h2-5,7H,6,8H2,1H3,(H,15,17). The molecule has 0 atom stereocenters. The Labute approximate surface area is 104 Å². The number of hydrogen-bond donors (Lipinski definition) is 1. The van der Waals surface area contributed by atoms with Crippen LogP contribution in [0.2, 0.25) is 0 Å². The Hall–Kier alpha value is -2.17. The van der Waals surface area contributed by atoms with E-state index in [0.717, 1.165) is 0 Å². The molecule has 0 saturated carbocycles. The van der Waals surface area contributed by atoms with Crippen molar-refractivity contribution in [2.75, 3.05) is 0 Å². The van der Waals surface area contributed by atoms with E-state index in [2.05, 4.69) is 10.3 Å². The molecule has 0 unspecified atom stereocenters. The highest BCUT2D eigenvalue weighted by atomic mass is 19.1. The van der Waals surface area contributed by atoms with Crippen molar-refractivity contribution in [3.8, 4) is 0 Å². The van der Waals surface area contributed by atoms with Crippen LogP contribution in [-0.4, -0.2) is 10.9 Å². The summed E-state index contributed by atoms with van der Waals surface area (Å²) in [6.07, 6.45) is 1.59. The van der Waals surface area contributed by atoms with Gasteiger partial charge < -0.3 is 9.73 Å². The van der Waals surface area contributed by atoms with Crippen LogP contribution in [0.15, 0.2) is 34.9 Å². The van der Waals surface area contributed by atoms with Gasteiger partial charge in [-0.2, -0.15) is 0 Å². The third-order valence-electron chi connectivity index (χ3n) is 2.41. The first-order chi connectivity index (χ1) is 8.65. The molecule has 2 aromatic rings. The zero-order chi connectivity index (χ0) is 13.0. The van der Waals surface area contributed by atoms with Crippen LogP contribution in [0.25, 0.3) is 0 Å². The van der Waals surface area contributed by atoms with Gasteiger partial charge in [0.15, 0.2) is 0 Å². The molecule has 1 N–H and O–H groups in total. The maximum Gasteiger partial charge on any atom is 0.224 e. The lowest BCUT2D eigenvalue weighted by molar-refractivity contribution is -0.120. The number of carbonyl (C=O) groups excluding carboxylic acids is 1. The summed E-state index contributed by atoms with van der Waals surface area (Å²) in [7, 11) is 0. The van der Waals surface area contributed by atoms with Crippen LogP contribution in [0.5, 0.6) is 0 Å². The highest BCUT2D eigenvalue weighted by Gasteiger charge is 2.08. The third-order valence-corrected chi connectivity index (χ3v) is 2.41. The number of benzene rings is 1. The summed E-state index contributed by atoms with van der Waals surface area (Å²) in [6, 6.07) is 6.21. The van der Waals surface area contributed by atoms with Crippen molar-refractivity contribution in [3.63, 3.8) is 0 Å². The summed E-state index contributed by atoms with van der Waals surface area (Å²) in [5.74, 6) is 0.485. The molecule has 0 radical (unpaired) electrons. The SMILES string of the molecule is Cc1cnc(CNC(=O)Cc2ccccc2F)o1. The molecule has 0 bridgehead atoms. The fourth-order valence-electron chi connectivity index (χ4n) is 1.53. The number of amides is 1. The first kappa shape index (κ1) is 12.3. The van der Waals surface area contributed by atoms with Gasteiger partial charge in [-0.25, -0.2) is 9.37 Å². The van der Waals surface area contributed by atoms with Crippen LogP contribution >= 0.6 is 0 Å². The van der Waals surface area contributed by atoms with Gasteiger partial charge >= 0.3 is 0 Å². The fraction of sp³-hybridized carbons (Fsp3) is 0.231. The number of halogens is 1. The molecular weight excluding hydrogens is 235 g/mol. The molecule has 0 aliphatic carbocycles. The van der Waals surface area contributed by atoms with Gasteiger partial charge in [-0.3, -0.25) is 4.79 Å². The van der Waals surface area contributed by atoms with Gasteiger partial charge in [0, 0.05) is 0 Å². The molecule has 0 spiro atoms. The minimum Gasteiger partial charge on any atom is -0.444 e. The van der Waals surface area contributed by atoms with E-state index in [-0.39, 0.29) is 24.7 Å². The van der Waals surface area contributed by atoms with E-state index in [1.54, 1.807) is 31.3 Å². The van der Waals surface area contributed by atoms with Crippen LogP contribution in [0, 0.1) is 12.7 Å². The van der Waals surface area contributed by atoms with Gasteiger partial charge in [0.1, 0.15) is 11.6 Å². The van der Waals surface area contributed by atoms with Crippen LogP contribution in [0.1, 0.15) is 17.2 Å². The van der Waals surface area contributed by atoms with E-state index >= 15 is 0 Å². The highest BCUT2D eigenvalue weighted by molar-refractivity contribution is 5.78. The Bertz CT molecular complexity index is 551. The first-order valence-corrected chi connectivity index (χ1v) is 5.56. The monoisotopic (exact) mass is 248 g/mol. The normalized spacial score (nSPS) is 10.3. The van der Waals surface area contributed by atoms with Crippen molar-refractivity contribution < 1.29 is 13.6 Å². The van der Waals surface area contributed by atoms with E-state index < -0.39 is 0 Å². The number of carbonyl (C=O) groups is 1. The summed E-state index contributed by atoms with van der Waals surface area (Å²) < 4.78 is 18.5. The summed E-state index contributed by atoms with van der Waals surface area (Å²) in [5.41, 5.74) is 0.374. The molecule has 1 amide bonds. The zero-order valence-electron chi connectivity index (χ0n) is 9.94. The summed E-state index contributed by atoms with van der Waals surface area (Å²) >= 11 is 0. The molecule has 0 saturated heterocycles. The van der Waals surface area contributed by atoms with Crippen molar-refractivity contribution >= 4 is 5.91 Å². The van der Waals surface area contributed by atoms with Crippen molar-refractivity contribution in [2.45, 2.75) is 19.9 Å². The molecule has 1 aromatic heterocycles. The predicted molar refractivity (Wildman–Crippen MR) is 63.2 cm³/mol. The number of rotatable bonds is 4. The Morgan fingerprint density at radius 3 is 2.89 bits per heavy atom. The molecule has 18 heavy (non-hydrogen) atoms. The quantitative estimate of drug-likeness (QED) is 0.900. The zero-order valence-corrected chi connectivity index (χ0v) is 9.94. The predicted octanol–water partition coefficient (Wildman–Crippen LogP) is 1.98. The number of hydrogen-bond acceptors (Lipinski definition) is 3. The Balaban J connectivity index is 1.88. The van der Waals surface area contributed by atoms with Crippen LogP contribution in [0.3, 0.4) is 0 Å². The highest BCUT2D eigenvalue weighted by Crippen LogP contribution is 2.07. The lowest BCUT2D eigenvalue weighted by atomic mass is 10.1. The Kier molecular flexibility index (Phi) is 3.72. The van der Waals surface area contributed by atoms with Gasteiger partial charge in [0.25, 0.3) is 0 Å². The molecule has 0 aliphatic heterocycles. The molecule has 1 aromatic carbocycles. The topological polar surface area (TPSA) is 55.1 Å². The fourth-order valence-corrected chi connectivity index (χ4v) is 1.53. The van der Waals surface area contributed by atoms with Crippen molar-refractivity contribution in [2.24, 2.45) is 0 Å². The Morgan fingerprint density at radius 1 is 1.44 bits per heavy atom. The van der Waals surface area contributed by atoms with E-state index in [9.17, 15) is 9.18 Å². The van der Waals surface area contributed by atoms with Crippen LogP contribution in [0.4, 0.5) is 4.39 Å². The van der Waals surface area contributed by atoms with Crippen molar-refractivity contribution in [1.82, 2.24) is 10.3 Å². The molecule has 94 valence electrons. The number of aromatic nitrogens is 1. The van der Waals surface area contributed by atoms with Crippen molar-refractivity contribution in [1.29, 1.82) is 0 Å². The number of oxazole rings is 1.